The predicted molar refractivity (Wildman–Crippen MR) is 70.8 cm³/mol. The summed E-state index contributed by atoms with van der Waals surface area (Å²) in [5.74, 6) is -2.18. The summed E-state index contributed by atoms with van der Waals surface area (Å²) in [4.78, 5) is 24.9. The van der Waals surface area contributed by atoms with Gasteiger partial charge in [0.15, 0.2) is 0 Å². The summed E-state index contributed by atoms with van der Waals surface area (Å²) < 4.78 is 13.7. The number of carbonyl (C=O) groups excluding carboxylic acids is 2. The van der Waals surface area contributed by atoms with Crippen LogP contribution in [0.25, 0.3) is 0 Å². The first-order chi connectivity index (χ1) is 10.1. The molecule has 5 heteroatoms. The number of carbonyl (C=O) groups is 2. The highest BCUT2D eigenvalue weighted by atomic mass is 19.1. The fourth-order valence-corrected chi connectivity index (χ4v) is 2.55. The Balaban J connectivity index is 1.93. The molecule has 3 rings (SSSR count). The smallest absolute Gasteiger partial charge is 0.255 e. The molecule has 1 aliphatic rings. The molecule has 0 radical (unpaired) electrons. The van der Waals surface area contributed by atoms with Crippen molar-refractivity contribution in [1.82, 2.24) is 4.90 Å². The number of nitrogens with zero attached hydrogens (tertiary/aromatic N) is 1. The third kappa shape index (κ3) is 2.27. The maximum absolute atomic E-state index is 13.7. The Kier molecular flexibility index (Phi) is 3.17. The summed E-state index contributed by atoms with van der Waals surface area (Å²) in [5, 5.41) is 11.1. The van der Waals surface area contributed by atoms with Gasteiger partial charge in [0.05, 0.1) is 11.5 Å². The Morgan fingerprint density at radius 2 is 1.95 bits per heavy atom. The molecule has 4 nitrogen and oxygen atoms in total. The van der Waals surface area contributed by atoms with Crippen molar-refractivity contribution in [3.63, 3.8) is 0 Å². The number of hydrogen-bond donors (Lipinski definition) is 0. The highest BCUT2D eigenvalue weighted by molar-refractivity contribution is 6.07. The Morgan fingerprint density at radius 1 is 1.19 bits per heavy atom. The van der Waals surface area contributed by atoms with Crippen LogP contribution in [0.15, 0.2) is 42.5 Å². The van der Waals surface area contributed by atoms with Crippen LogP contribution in [0.5, 0.6) is 0 Å². The van der Waals surface area contributed by atoms with Crippen molar-refractivity contribution in [1.29, 1.82) is 0 Å². The molecular formula is C16H11FNO3-. The minimum absolute atomic E-state index is 0.104. The van der Waals surface area contributed by atoms with Gasteiger partial charge < -0.3 is 14.8 Å². The zero-order chi connectivity index (χ0) is 15.0. The fourth-order valence-electron chi connectivity index (χ4n) is 2.55. The van der Waals surface area contributed by atoms with Crippen LogP contribution in [0.4, 0.5) is 4.39 Å². The summed E-state index contributed by atoms with van der Waals surface area (Å²) in [5.41, 5.74) is 1.05. The number of hydrogen-bond acceptors (Lipinski definition) is 3. The number of fused-ring (bicyclic) bond motifs is 1. The largest absolute Gasteiger partial charge is 0.545 e. The van der Waals surface area contributed by atoms with Gasteiger partial charge in [0.25, 0.3) is 5.91 Å². The van der Waals surface area contributed by atoms with E-state index in [-0.39, 0.29) is 30.0 Å². The van der Waals surface area contributed by atoms with E-state index in [2.05, 4.69) is 0 Å². The molecule has 2 aromatic rings. The van der Waals surface area contributed by atoms with Gasteiger partial charge >= 0.3 is 0 Å². The maximum atomic E-state index is 13.7. The van der Waals surface area contributed by atoms with Crippen molar-refractivity contribution in [2.24, 2.45) is 0 Å². The lowest BCUT2D eigenvalue weighted by atomic mass is 10.0. The number of carboxylic acids is 1. The van der Waals surface area contributed by atoms with E-state index in [4.69, 9.17) is 0 Å². The molecule has 0 N–H and O–H groups in total. The average molecular weight is 284 g/mol. The zero-order valence-electron chi connectivity index (χ0n) is 11.0. The first-order valence-corrected chi connectivity index (χ1v) is 6.44. The van der Waals surface area contributed by atoms with E-state index in [0.29, 0.717) is 11.1 Å². The van der Waals surface area contributed by atoms with Crippen LogP contribution in [-0.2, 0) is 13.1 Å². The van der Waals surface area contributed by atoms with Crippen LogP contribution >= 0.6 is 0 Å². The molecule has 106 valence electrons. The second kappa shape index (κ2) is 5.01. The van der Waals surface area contributed by atoms with E-state index in [1.54, 1.807) is 30.3 Å². The van der Waals surface area contributed by atoms with Gasteiger partial charge in [0.1, 0.15) is 5.82 Å². The zero-order valence-corrected chi connectivity index (χ0v) is 11.0. The molecule has 0 fully saturated rings. The summed E-state index contributed by atoms with van der Waals surface area (Å²) in [6, 6.07) is 10.8. The van der Waals surface area contributed by atoms with Gasteiger partial charge in [-0.2, -0.15) is 0 Å². The van der Waals surface area contributed by atoms with Crippen molar-refractivity contribution in [2.45, 2.75) is 13.1 Å². The lowest BCUT2D eigenvalue weighted by Crippen LogP contribution is -2.27. The van der Waals surface area contributed by atoms with Crippen LogP contribution in [0.2, 0.25) is 0 Å². The second-order valence-electron chi connectivity index (χ2n) is 4.88. The molecule has 0 unspecified atom stereocenters. The molecule has 0 bridgehead atoms. The fraction of sp³-hybridized carbons (Fsp3) is 0.125. The van der Waals surface area contributed by atoms with E-state index in [0.717, 1.165) is 0 Å². The van der Waals surface area contributed by atoms with Crippen molar-refractivity contribution in [3.8, 4) is 0 Å². The molecular weight excluding hydrogens is 273 g/mol. The number of rotatable bonds is 3. The second-order valence-corrected chi connectivity index (χ2v) is 4.88. The Hall–Kier alpha value is -2.69. The number of amides is 1. The van der Waals surface area contributed by atoms with Gasteiger partial charge in [-0.1, -0.05) is 36.4 Å². The summed E-state index contributed by atoms with van der Waals surface area (Å²) >= 11 is 0. The van der Waals surface area contributed by atoms with Crippen LogP contribution < -0.4 is 5.11 Å². The average Bonchev–Trinajstić information content (AvgIpc) is 2.78. The first kappa shape index (κ1) is 13.3. The van der Waals surface area contributed by atoms with Gasteiger partial charge in [-0.05, 0) is 11.6 Å². The quantitative estimate of drug-likeness (QED) is 0.854. The third-order valence-corrected chi connectivity index (χ3v) is 3.55. The number of halogens is 1. The molecule has 2 aromatic carbocycles. The molecule has 0 aromatic heterocycles. The number of carboxylic acid groups (broad SMARTS) is 1. The highest BCUT2D eigenvalue weighted by Gasteiger charge is 2.30. The van der Waals surface area contributed by atoms with Crippen molar-refractivity contribution in [3.05, 3.63) is 70.5 Å². The van der Waals surface area contributed by atoms with E-state index >= 15 is 0 Å². The summed E-state index contributed by atoms with van der Waals surface area (Å²) in [7, 11) is 0. The van der Waals surface area contributed by atoms with Crippen molar-refractivity contribution < 1.29 is 19.1 Å². The van der Waals surface area contributed by atoms with E-state index in [1.165, 1.54) is 17.0 Å². The normalized spacial score (nSPS) is 13.4. The van der Waals surface area contributed by atoms with Crippen molar-refractivity contribution in [2.75, 3.05) is 0 Å². The molecule has 1 heterocycles. The molecule has 1 aliphatic heterocycles. The Bertz CT molecular complexity index is 742. The standard InChI is InChI=1S/C16H12FNO3/c17-13-7-2-1-4-10(13)8-18-9-11-5-3-6-12(16(20)21)14(11)15(18)19/h1-7H,8-9H2,(H,20,21)/p-1. The minimum atomic E-state index is -1.38. The van der Waals surface area contributed by atoms with E-state index in [1.807, 2.05) is 0 Å². The van der Waals surface area contributed by atoms with Crippen LogP contribution in [0.1, 0.15) is 31.8 Å². The third-order valence-electron chi connectivity index (χ3n) is 3.55. The molecule has 0 atom stereocenters. The molecule has 1 amide bonds. The van der Waals surface area contributed by atoms with Crippen LogP contribution in [0, 0.1) is 5.82 Å². The maximum Gasteiger partial charge on any atom is 0.255 e. The topological polar surface area (TPSA) is 60.4 Å². The molecule has 0 spiro atoms. The SMILES string of the molecule is O=C([O-])c1cccc2c1C(=O)N(Cc1ccccc1F)C2. The summed E-state index contributed by atoms with van der Waals surface area (Å²) in [6.07, 6.45) is 0. The van der Waals surface area contributed by atoms with Gasteiger partial charge in [-0.15, -0.1) is 0 Å². The Morgan fingerprint density at radius 3 is 2.67 bits per heavy atom. The molecule has 0 saturated carbocycles. The lowest BCUT2D eigenvalue weighted by Gasteiger charge is -2.16. The molecule has 0 saturated heterocycles. The minimum Gasteiger partial charge on any atom is -0.545 e. The monoisotopic (exact) mass is 284 g/mol. The number of aromatic carboxylic acids is 1. The van der Waals surface area contributed by atoms with Gasteiger partial charge in [-0.25, -0.2) is 4.39 Å². The van der Waals surface area contributed by atoms with Crippen LogP contribution in [0.3, 0.4) is 0 Å². The van der Waals surface area contributed by atoms with Crippen LogP contribution in [-0.4, -0.2) is 16.8 Å². The number of benzene rings is 2. The summed E-state index contributed by atoms with van der Waals surface area (Å²) in [6.45, 7) is 0.371. The lowest BCUT2D eigenvalue weighted by molar-refractivity contribution is -0.255. The molecule has 0 aliphatic carbocycles. The van der Waals surface area contributed by atoms with Gasteiger partial charge in [0, 0.05) is 24.2 Å². The van der Waals surface area contributed by atoms with E-state index in [9.17, 15) is 19.1 Å². The van der Waals surface area contributed by atoms with Gasteiger partial charge in [-0.3, -0.25) is 4.79 Å². The Labute approximate surface area is 120 Å². The first-order valence-electron chi connectivity index (χ1n) is 6.44. The van der Waals surface area contributed by atoms with E-state index < -0.39 is 11.9 Å². The van der Waals surface area contributed by atoms with Crippen molar-refractivity contribution >= 4 is 11.9 Å². The highest BCUT2D eigenvalue weighted by Crippen LogP contribution is 2.27. The predicted octanol–water partition coefficient (Wildman–Crippen LogP) is 1.35. The molecule has 21 heavy (non-hydrogen) atoms. The van der Waals surface area contributed by atoms with Gasteiger partial charge in [0.2, 0.25) is 0 Å².